The van der Waals surface area contributed by atoms with Crippen LogP contribution < -0.4 is 5.32 Å². The molecular formula is C19H19F6N5O2. The normalized spacial score (nSPS) is 22.3. The van der Waals surface area contributed by atoms with Gasteiger partial charge in [0.25, 0.3) is 12.3 Å². The van der Waals surface area contributed by atoms with Gasteiger partial charge in [0.1, 0.15) is 23.7 Å². The van der Waals surface area contributed by atoms with E-state index in [4.69, 9.17) is 0 Å². The van der Waals surface area contributed by atoms with Gasteiger partial charge in [-0.25, -0.2) is 22.4 Å². The number of carbonyl (C=O) groups excluding carboxylic acids is 1. The fourth-order valence-corrected chi connectivity index (χ4v) is 4.00. The molecule has 0 radical (unpaired) electrons. The Morgan fingerprint density at radius 2 is 2.06 bits per heavy atom. The van der Waals surface area contributed by atoms with E-state index in [1.807, 2.05) is 0 Å². The maximum atomic E-state index is 14.9. The number of pyridine rings is 1. The van der Waals surface area contributed by atoms with Gasteiger partial charge in [0.2, 0.25) is 0 Å². The first kappa shape index (κ1) is 22.4. The van der Waals surface area contributed by atoms with Gasteiger partial charge in [0.15, 0.2) is 5.82 Å². The highest BCUT2D eigenvalue weighted by molar-refractivity contribution is 5.89. The van der Waals surface area contributed by atoms with Crippen LogP contribution in [0.2, 0.25) is 0 Å². The van der Waals surface area contributed by atoms with Crippen molar-refractivity contribution in [3.05, 3.63) is 40.7 Å². The molecule has 4 rings (SSSR count). The third kappa shape index (κ3) is 3.89. The second kappa shape index (κ2) is 7.94. The number of aromatic nitrogens is 3. The summed E-state index contributed by atoms with van der Waals surface area (Å²) in [5, 5.41) is 16.5. The molecule has 0 saturated heterocycles. The Kier molecular flexibility index (Phi) is 5.55. The number of nitrogens with zero attached hydrogens (tertiary/aromatic N) is 4. The number of carbonyl (C=O) groups is 1. The van der Waals surface area contributed by atoms with Crippen LogP contribution in [0.5, 0.6) is 0 Å². The minimum atomic E-state index is -3.41. The van der Waals surface area contributed by atoms with E-state index >= 15 is 0 Å². The third-order valence-corrected chi connectivity index (χ3v) is 5.70. The van der Waals surface area contributed by atoms with Crippen LogP contribution in [-0.4, -0.2) is 49.6 Å². The van der Waals surface area contributed by atoms with Crippen LogP contribution in [0.4, 0.5) is 36.8 Å². The number of hydrogen-bond acceptors (Lipinski definition) is 4. The van der Waals surface area contributed by atoms with Gasteiger partial charge in [0.05, 0.1) is 24.5 Å². The molecular weight excluding hydrogens is 444 g/mol. The second-order valence-electron chi connectivity index (χ2n) is 7.95. The molecule has 0 fully saturated rings. The lowest BCUT2D eigenvalue weighted by molar-refractivity contribution is -0.0473. The lowest BCUT2D eigenvalue weighted by Gasteiger charge is -2.28. The van der Waals surface area contributed by atoms with Gasteiger partial charge in [-0.3, -0.25) is 9.67 Å². The molecule has 4 heterocycles. The van der Waals surface area contributed by atoms with Gasteiger partial charge in [0, 0.05) is 31.1 Å². The summed E-state index contributed by atoms with van der Waals surface area (Å²) in [6.07, 6.45) is -3.44. The Morgan fingerprint density at radius 3 is 2.75 bits per heavy atom. The van der Waals surface area contributed by atoms with Crippen LogP contribution in [0.25, 0.3) is 0 Å². The summed E-state index contributed by atoms with van der Waals surface area (Å²) in [7, 11) is 0. The van der Waals surface area contributed by atoms with Gasteiger partial charge in [-0.05, 0) is 12.5 Å². The molecule has 2 aliphatic rings. The minimum absolute atomic E-state index is 0.0443. The van der Waals surface area contributed by atoms with Crippen LogP contribution in [0.3, 0.4) is 0 Å². The third-order valence-electron chi connectivity index (χ3n) is 5.70. The van der Waals surface area contributed by atoms with Gasteiger partial charge in [-0.2, -0.15) is 13.9 Å². The minimum Gasteiger partial charge on any atom is -0.385 e. The van der Waals surface area contributed by atoms with Crippen LogP contribution in [0.15, 0.2) is 12.3 Å². The predicted molar refractivity (Wildman–Crippen MR) is 98.6 cm³/mol. The molecule has 0 spiro atoms. The highest BCUT2D eigenvalue weighted by atomic mass is 19.3. The predicted octanol–water partition coefficient (Wildman–Crippen LogP) is 3.53. The summed E-state index contributed by atoms with van der Waals surface area (Å²) in [5.41, 5.74) is -3.74. The van der Waals surface area contributed by atoms with Crippen molar-refractivity contribution in [3.8, 4) is 0 Å². The molecule has 0 unspecified atom stereocenters. The van der Waals surface area contributed by atoms with Crippen molar-refractivity contribution >= 4 is 11.7 Å². The Morgan fingerprint density at radius 1 is 1.31 bits per heavy atom. The van der Waals surface area contributed by atoms with Gasteiger partial charge >= 0.3 is 6.03 Å². The van der Waals surface area contributed by atoms with Gasteiger partial charge in [-0.15, -0.1) is 0 Å². The number of alkyl halides is 5. The van der Waals surface area contributed by atoms with Crippen molar-refractivity contribution < 1.29 is 36.2 Å². The van der Waals surface area contributed by atoms with Gasteiger partial charge < -0.3 is 15.3 Å². The molecule has 2 N–H and O–H groups in total. The molecule has 0 aromatic carbocycles. The summed E-state index contributed by atoms with van der Waals surface area (Å²) < 4.78 is 83.7. The molecule has 1 atom stereocenters. The monoisotopic (exact) mass is 463 g/mol. The quantitative estimate of drug-likeness (QED) is 0.683. The van der Waals surface area contributed by atoms with E-state index in [1.54, 1.807) is 0 Å². The second-order valence-corrected chi connectivity index (χ2v) is 7.95. The van der Waals surface area contributed by atoms with E-state index in [1.165, 1.54) is 0 Å². The number of hydrogen-bond donors (Lipinski definition) is 2. The highest BCUT2D eigenvalue weighted by Gasteiger charge is 2.47. The number of halogens is 6. The number of rotatable bonds is 3. The average molecular weight is 463 g/mol. The van der Waals surface area contributed by atoms with E-state index in [0.717, 1.165) is 21.8 Å². The Labute approximate surface area is 178 Å². The number of nitrogens with one attached hydrogen (secondary N) is 1. The Hall–Kier alpha value is -2.83. The highest BCUT2D eigenvalue weighted by Crippen LogP contribution is 2.42. The first-order chi connectivity index (χ1) is 15.0. The number of amides is 2. The molecule has 2 aromatic heterocycles. The fraction of sp³-hybridized carbons (Fsp3) is 0.526. The molecule has 7 nitrogen and oxygen atoms in total. The van der Waals surface area contributed by atoms with Crippen LogP contribution >= 0.6 is 0 Å². The van der Waals surface area contributed by atoms with E-state index < -0.39 is 72.9 Å². The van der Waals surface area contributed by atoms with E-state index in [2.05, 4.69) is 15.4 Å². The van der Waals surface area contributed by atoms with Crippen LogP contribution in [-0.2, 0) is 25.4 Å². The fourth-order valence-electron chi connectivity index (χ4n) is 4.00. The lowest BCUT2D eigenvalue weighted by atomic mass is 9.96. The summed E-state index contributed by atoms with van der Waals surface area (Å²) in [6.45, 7) is -1.91. The number of fused-ring (bicyclic) bond motifs is 3. The molecule has 0 aliphatic carbocycles. The number of anilines is 1. The van der Waals surface area contributed by atoms with Crippen molar-refractivity contribution in [2.45, 2.75) is 50.3 Å². The molecule has 2 aromatic rings. The molecule has 2 aliphatic heterocycles. The largest absolute Gasteiger partial charge is 0.385 e. The van der Waals surface area contributed by atoms with Crippen LogP contribution in [0, 0.1) is 5.82 Å². The molecule has 2 amide bonds. The van der Waals surface area contributed by atoms with Crippen LogP contribution in [0.1, 0.15) is 41.9 Å². The van der Waals surface area contributed by atoms with Crippen molar-refractivity contribution in [3.63, 3.8) is 0 Å². The summed E-state index contributed by atoms with van der Waals surface area (Å²) in [4.78, 5) is 17.0. The molecule has 13 heteroatoms. The zero-order valence-electron chi connectivity index (χ0n) is 16.6. The first-order valence-corrected chi connectivity index (χ1v) is 9.78. The topological polar surface area (TPSA) is 83.3 Å². The van der Waals surface area contributed by atoms with Crippen molar-refractivity contribution in [2.24, 2.45) is 0 Å². The average Bonchev–Trinajstić information content (AvgIpc) is 3.06. The van der Waals surface area contributed by atoms with Crippen molar-refractivity contribution in [2.75, 3.05) is 18.5 Å². The van der Waals surface area contributed by atoms with Gasteiger partial charge in [-0.1, -0.05) is 0 Å². The standard InChI is InChI=1S/C19H19F6N5O2/c20-8-18(32)3-4-19(24,25)15-10-7-29(6-2-11(10)28-30(15)9-18)17(31)27-12-1-5-26-14(13(12)21)16(22)23/h1,5,16,32H,2-4,6-9H2,(H,26,27,31)/t18-/m1/s1. The number of aliphatic hydroxyl groups is 1. The molecule has 0 saturated carbocycles. The maximum Gasteiger partial charge on any atom is 0.322 e. The maximum absolute atomic E-state index is 14.9. The summed E-state index contributed by atoms with van der Waals surface area (Å²) in [6, 6.07) is 0.130. The Balaban J connectivity index is 1.60. The lowest BCUT2D eigenvalue weighted by Crippen LogP contribution is -2.39. The van der Waals surface area contributed by atoms with Crippen molar-refractivity contribution in [1.29, 1.82) is 0 Å². The molecule has 32 heavy (non-hydrogen) atoms. The zero-order valence-corrected chi connectivity index (χ0v) is 16.6. The Bertz CT molecular complexity index is 1050. The summed E-state index contributed by atoms with van der Waals surface area (Å²) in [5.74, 6) is -4.80. The van der Waals surface area contributed by atoms with E-state index in [-0.39, 0.29) is 25.1 Å². The molecule has 174 valence electrons. The SMILES string of the molecule is O=C(Nc1ccnc(C(F)F)c1F)N1CCc2nn3c(c2C1)C(F)(F)CC[C@@](O)(CF)C3. The zero-order chi connectivity index (χ0) is 23.3. The first-order valence-electron chi connectivity index (χ1n) is 9.78. The summed E-state index contributed by atoms with van der Waals surface area (Å²) >= 11 is 0. The smallest absolute Gasteiger partial charge is 0.322 e. The van der Waals surface area contributed by atoms with Crippen molar-refractivity contribution in [1.82, 2.24) is 19.7 Å². The molecule has 0 bridgehead atoms. The van der Waals surface area contributed by atoms with E-state index in [0.29, 0.717) is 5.69 Å². The number of urea groups is 1. The van der Waals surface area contributed by atoms with E-state index in [9.17, 15) is 36.2 Å².